The Morgan fingerprint density at radius 1 is 1.78 bits per heavy atom. The van der Waals surface area contributed by atoms with Crippen molar-refractivity contribution in [2.75, 3.05) is 6.73 Å². The van der Waals surface area contributed by atoms with E-state index in [2.05, 4.69) is 5.32 Å². The minimum absolute atomic E-state index is 0.0112. The van der Waals surface area contributed by atoms with Crippen LogP contribution in [0.4, 0.5) is 0 Å². The van der Waals surface area contributed by atoms with Crippen LogP contribution in [0.3, 0.4) is 0 Å². The Kier molecular flexibility index (Phi) is 4.05. The molecule has 2 N–H and O–H groups in total. The molecule has 0 saturated carbocycles. The van der Waals surface area contributed by atoms with Gasteiger partial charge in [-0.2, -0.15) is 0 Å². The predicted molar refractivity (Wildman–Crippen MR) is 34.7 cm³/mol. The minimum atomic E-state index is -0.261. The summed E-state index contributed by atoms with van der Waals surface area (Å²) in [7, 11) is 0. The predicted octanol–water partition coefficient (Wildman–Crippen LogP) is 0.0985. The molecule has 0 radical (unpaired) electrons. The van der Waals surface area contributed by atoms with E-state index in [1.807, 2.05) is 13.8 Å². The molecule has 1 atom stereocenters. The quantitative estimate of drug-likeness (QED) is 0.534. The second-order valence-electron chi connectivity index (χ2n) is 2.01. The summed E-state index contributed by atoms with van der Waals surface area (Å²) < 4.78 is 0. The maximum atomic E-state index is 10.7. The highest BCUT2D eigenvalue weighted by Crippen LogP contribution is 1.98. The maximum Gasteiger partial charge on any atom is 0.224 e. The number of hydrogen-bond acceptors (Lipinski definition) is 2. The molecule has 0 fully saturated rings. The minimum Gasteiger partial charge on any atom is -0.377 e. The normalized spacial score (nSPS) is 12.8. The van der Waals surface area contributed by atoms with Gasteiger partial charge in [-0.1, -0.05) is 13.8 Å². The fourth-order valence-electron chi connectivity index (χ4n) is 0.438. The van der Waals surface area contributed by atoms with Gasteiger partial charge in [0, 0.05) is 5.92 Å². The monoisotopic (exact) mass is 131 g/mol. The highest BCUT2D eigenvalue weighted by atomic mass is 16.3. The maximum absolute atomic E-state index is 10.7. The molecule has 0 aliphatic carbocycles. The average Bonchev–Trinajstić information content (AvgIpc) is 1.87. The zero-order chi connectivity index (χ0) is 7.28. The molecule has 0 heterocycles. The largest absolute Gasteiger partial charge is 0.377 e. The molecule has 9 heavy (non-hydrogen) atoms. The molecule has 54 valence electrons. The van der Waals surface area contributed by atoms with Gasteiger partial charge in [0.2, 0.25) is 5.91 Å². The lowest BCUT2D eigenvalue weighted by Crippen LogP contribution is -2.29. The van der Waals surface area contributed by atoms with Crippen molar-refractivity contribution in [3.63, 3.8) is 0 Å². The van der Waals surface area contributed by atoms with Crippen LogP contribution in [0.15, 0.2) is 0 Å². The zero-order valence-electron chi connectivity index (χ0n) is 5.85. The van der Waals surface area contributed by atoms with Crippen molar-refractivity contribution in [1.29, 1.82) is 0 Å². The lowest BCUT2D eigenvalue weighted by Gasteiger charge is -2.05. The second kappa shape index (κ2) is 4.32. The third-order valence-corrected chi connectivity index (χ3v) is 1.31. The van der Waals surface area contributed by atoms with Crippen molar-refractivity contribution in [2.45, 2.75) is 20.3 Å². The highest BCUT2D eigenvalue weighted by molar-refractivity contribution is 5.77. The van der Waals surface area contributed by atoms with Crippen LogP contribution in [0.2, 0.25) is 0 Å². The number of nitrogens with one attached hydrogen (secondary N) is 1. The van der Waals surface area contributed by atoms with E-state index in [9.17, 15) is 4.79 Å². The van der Waals surface area contributed by atoms with Crippen molar-refractivity contribution in [1.82, 2.24) is 5.32 Å². The number of aliphatic hydroxyl groups is 1. The molecule has 0 aromatic heterocycles. The number of carbonyl (C=O) groups is 1. The first-order valence-corrected chi connectivity index (χ1v) is 3.11. The molecule has 0 bridgehead atoms. The van der Waals surface area contributed by atoms with Crippen LogP contribution in [-0.4, -0.2) is 17.7 Å². The Bertz CT molecular complexity index is 93.1. The fraction of sp³-hybridized carbons (Fsp3) is 0.833. The van der Waals surface area contributed by atoms with Crippen LogP contribution in [0.5, 0.6) is 0 Å². The lowest BCUT2D eigenvalue weighted by atomic mass is 10.1. The molecule has 0 saturated heterocycles. The average molecular weight is 131 g/mol. The zero-order valence-corrected chi connectivity index (χ0v) is 5.85. The van der Waals surface area contributed by atoms with Gasteiger partial charge in [-0.25, -0.2) is 0 Å². The Hall–Kier alpha value is -0.570. The molecule has 3 nitrogen and oxygen atoms in total. The van der Waals surface area contributed by atoms with Crippen molar-refractivity contribution >= 4 is 5.91 Å². The molecule has 0 aromatic rings. The molecule has 0 spiro atoms. The van der Waals surface area contributed by atoms with Crippen LogP contribution < -0.4 is 5.32 Å². The van der Waals surface area contributed by atoms with E-state index in [1.165, 1.54) is 0 Å². The first-order chi connectivity index (χ1) is 4.22. The first-order valence-electron chi connectivity index (χ1n) is 3.11. The molecule has 0 unspecified atom stereocenters. The van der Waals surface area contributed by atoms with Crippen molar-refractivity contribution in [3.8, 4) is 0 Å². The summed E-state index contributed by atoms with van der Waals surface area (Å²) in [6.45, 7) is 3.50. The molecule has 0 aliphatic rings. The number of hydrogen-bond donors (Lipinski definition) is 2. The van der Waals surface area contributed by atoms with Gasteiger partial charge in [0.25, 0.3) is 0 Å². The van der Waals surface area contributed by atoms with E-state index in [0.29, 0.717) is 0 Å². The van der Waals surface area contributed by atoms with Gasteiger partial charge in [-0.15, -0.1) is 0 Å². The van der Waals surface area contributed by atoms with Gasteiger partial charge < -0.3 is 10.4 Å². The van der Waals surface area contributed by atoms with Gasteiger partial charge in [0.05, 0.1) is 0 Å². The Morgan fingerprint density at radius 3 is 2.67 bits per heavy atom. The van der Waals surface area contributed by atoms with Gasteiger partial charge in [-0.05, 0) is 6.42 Å². The van der Waals surface area contributed by atoms with E-state index in [0.717, 1.165) is 6.42 Å². The summed E-state index contributed by atoms with van der Waals surface area (Å²) in [6.07, 6.45) is 0.811. The smallest absolute Gasteiger partial charge is 0.224 e. The van der Waals surface area contributed by atoms with Crippen LogP contribution in [0.1, 0.15) is 20.3 Å². The summed E-state index contributed by atoms with van der Waals surface area (Å²) in [5, 5.41) is 10.6. The van der Waals surface area contributed by atoms with Crippen molar-refractivity contribution in [2.24, 2.45) is 5.92 Å². The molecule has 1 amide bonds. The fourth-order valence-corrected chi connectivity index (χ4v) is 0.438. The topological polar surface area (TPSA) is 49.3 Å². The molecule has 0 aromatic carbocycles. The summed E-state index contributed by atoms with van der Waals surface area (Å²) in [5.74, 6) is -0.0721. The van der Waals surface area contributed by atoms with Crippen LogP contribution >= 0.6 is 0 Å². The third kappa shape index (κ3) is 3.08. The lowest BCUT2D eigenvalue weighted by molar-refractivity contribution is -0.125. The van der Waals surface area contributed by atoms with Crippen LogP contribution in [-0.2, 0) is 4.79 Å². The number of amides is 1. The molecule has 3 heteroatoms. The number of carbonyl (C=O) groups excluding carboxylic acids is 1. The highest BCUT2D eigenvalue weighted by Gasteiger charge is 2.07. The van der Waals surface area contributed by atoms with Gasteiger partial charge in [0.15, 0.2) is 0 Å². The summed E-state index contributed by atoms with van der Waals surface area (Å²) in [6, 6.07) is 0. The SMILES string of the molecule is CC[C@@H](C)C(=O)NCO. The van der Waals surface area contributed by atoms with Crippen molar-refractivity contribution < 1.29 is 9.90 Å². The van der Waals surface area contributed by atoms with Crippen molar-refractivity contribution in [3.05, 3.63) is 0 Å². The Morgan fingerprint density at radius 2 is 2.33 bits per heavy atom. The van der Waals surface area contributed by atoms with Gasteiger partial charge in [-0.3, -0.25) is 4.79 Å². The van der Waals surface area contributed by atoms with Crippen LogP contribution in [0, 0.1) is 5.92 Å². The van der Waals surface area contributed by atoms with E-state index in [-0.39, 0.29) is 18.6 Å². The Balaban J connectivity index is 3.46. The van der Waals surface area contributed by atoms with E-state index in [4.69, 9.17) is 5.11 Å². The van der Waals surface area contributed by atoms with Crippen LogP contribution in [0.25, 0.3) is 0 Å². The first kappa shape index (κ1) is 8.43. The van der Waals surface area contributed by atoms with Gasteiger partial charge in [0.1, 0.15) is 6.73 Å². The summed E-state index contributed by atoms with van der Waals surface area (Å²) in [4.78, 5) is 10.7. The van der Waals surface area contributed by atoms with E-state index in [1.54, 1.807) is 0 Å². The number of rotatable bonds is 3. The second-order valence-corrected chi connectivity index (χ2v) is 2.01. The number of aliphatic hydroxyl groups excluding tert-OH is 1. The molecular formula is C6H13NO2. The molecular weight excluding hydrogens is 118 g/mol. The summed E-state index contributed by atoms with van der Waals surface area (Å²) >= 11 is 0. The molecule has 0 aliphatic heterocycles. The molecule has 0 rings (SSSR count). The van der Waals surface area contributed by atoms with Gasteiger partial charge >= 0.3 is 0 Å². The Labute approximate surface area is 55.1 Å². The van der Waals surface area contributed by atoms with E-state index >= 15 is 0 Å². The standard InChI is InChI=1S/C6H13NO2/c1-3-5(2)6(9)7-4-8/h5,8H,3-4H2,1-2H3,(H,7,9)/t5-/m1/s1. The van der Waals surface area contributed by atoms with E-state index < -0.39 is 0 Å². The third-order valence-electron chi connectivity index (χ3n) is 1.31. The summed E-state index contributed by atoms with van der Waals surface area (Å²) in [5.41, 5.74) is 0.